The van der Waals surface area contributed by atoms with Gasteiger partial charge in [0.25, 0.3) is 0 Å². The number of amides is 1. The molecule has 3 nitrogen and oxygen atoms in total. The topological polar surface area (TPSA) is 46.3 Å². The molecule has 0 radical (unpaired) electrons. The van der Waals surface area contributed by atoms with E-state index in [1.54, 1.807) is 4.90 Å². The Morgan fingerprint density at radius 1 is 1.32 bits per heavy atom. The van der Waals surface area contributed by atoms with E-state index in [1.165, 1.54) is 11.3 Å². The smallest absolute Gasteiger partial charge is 0.249 e. The molecule has 0 bridgehead atoms. The summed E-state index contributed by atoms with van der Waals surface area (Å²) in [6.45, 7) is 4.58. The third kappa shape index (κ3) is 2.85. The van der Waals surface area contributed by atoms with Crippen molar-refractivity contribution in [3.8, 4) is 0 Å². The van der Waals surface area contributed by atoms with Gasteiger partial charge in [0.15, 0.2) is 0 Å². The quantitative estimate of drug-likeness (QED) is 0.931. The number of carbonyl (C=O) groups is 1. The van der Waals surface area contributed by atoms with E-state index >= 15 is 0 Å². The molecule has 0 aliphatic rings. The van der Waals surface area contributed by atoms with Crippen LogP contribution < -0.4 is 10.6 Å². The second-order valence-corrected chi connectivity index (χ2v) is 5.34. The van der Waals surface area contributed by atoms with Crippen molar-refractivity contribution in [3.63, 3.8) is 0 Å². The lowest BCUT2D eigenvalue weighted by atomic mass is 10.1. The molecule has 2 N–H and O–H groups in total. The van der Waals surface area contributed by atoms with E-state index in [4.69, 9.17) is 5.73 Å². The first-order valence-electron chi connectivity index (χ1n) is 6.31. The third-order valence-corrected chi connectivity index (χ3v) is 4.06. The molecule has 2 rings (SSSR count). The summed E-state index contributed by atoms with van der Waals surface area (Å²) in [5.74, 6) is -0.0563. The van der Waals surface area contributed by atoms with Crippen molar-refractivity contribution in [1.82, 2.24) is 0 Å². The maximum absolute atomic E-state index is 12.5. The number of nitrogens with zero attached hydrogens (tertiary/aromatic N) is 1. The summed E-state index contributed by atoms with van der Waals surface area (Å²) in [5, 5.41) is 1.94. The van der Waals surface area contributed by atoms with E-state index in [0.29, 0.717) is 6.54 Å². The molecular formula is C15H18N2OS. The molecule has 19 heavy (non-hydrogen) atoms. The molecule has 1 aromatic carbocycles. The highest BCUT2D eigenvalue weighted by molar-refractivity contribution is 7.10. The molecule has 0 aliphatic carbocycles. The zero-order valence-corrected chi connectivity index (χ0v) is 12.0. The molecular weight excluding hydrogens is 256 g/mol. The zero-order chi connectivity index (χ0) is 13.8. The maximum atomic E-state index is 12.5. The number of rotatable bonds is 4. The van der Waals surface area contributed by atoms with Crippen molar-refractivity contribution in [3.05, 3.63) is 52.2 Å². The fraction of sp³-hybridized carbons (Fsp3) is 0.267. The van der Waals surface area contributed by atoms with Gasteiger partial charge in [-0.05, 0) is 36.9 Å². The number of thiophene rings is 1. The average Bonchev–Trinajstić information content (AvgIpc) is 2.94. The van der Waals surface area contributed by atoms with Crippen molar-refractivity contribution in [1.29, 1.82) is 0 Å². The number of carbonyl (C=O) groups excluding carboxylic acids is 1. The molecule has 1 aromatic heterocycles. The van der Waals surface area contributed by atoms with Gasteiger partial charge >= 0.3 is 0 Å². The number of nitrogens with two attached hydrogens (primary N) is 1. The molecule has 100 valence electrons. The van der Waals surface area contributed by atoms with Gasteiger partial charge in [-0.1, -0.05) is 24.3 Å². The highest BCUT2D eigenvalue weighted by atomic mass is 32.1. The summed E-state index contributed by atoms with van der Waals surface area (Å²) in [6, 6.07) is 11.1. The Balaban J connectivity index is 2.28. The fourth-order valence-corrected chi connectivity index (χ4v) is 2.79. The van der Waals surface area contributed by atoms with Crippen molar-refractivity contribution < 1.29 is 4.79 Å². The monoisotopic (exact) mass is 274 g/mol. The van der Waals surface area contributed by atoms with Gasteiger partial charge in [0, 0.05) is 17.1 Å². The summed E-state index contributed by atoms with van der Waals surface area (Å²) in [7, 11) is 0. The van der Waals surface area contributed by atoms with Crippen LogP contribution in [0.25, 0.3) is 0 Å². The van der Waals surface area contributed by atoms with Crippen LogP contribution in [-0.4, -0.2) is 12.5 Å². The van der Waals surface area contributed by atoms with Crippen molar-refractivity contribution >= 4 is 22.9 Å². The molecule has 0 saturated heterocycles. The molecule has 0 fully saturated rings. The normalized spacial score (nSPS) is 12.2. The molecule has 0 saturated carbocycles. The van der Waals surface area contributed by atoms with Gasteiger partial charge < -0.3 is 10.6 Å². The SMILES string of the molecule is CCN(C(=O)C(N)c1cccs1)c1ccccc1C. The summed E-state index contributed by atoms with van der Waals surface area (Å²) in [4.78, 5) is 15.2. The maximum Gasteiger partial charge on any atom is 0.249 e. The second-order valence-electron chi connectivity index (χ2n) is 4.36. The number of likely N-dealkylation sites (N-methyl/N-ethyl adjacent to an activating group) is 1. The van der Waals surface area contributed by atoms with Crippen LogP contribution in [-0.2, 0) is 4.79 Å². The number of para-hydroxylation sites is 1. The van der Waals surface area contributed by atoms with Gasteiger partial charge in [-0.25, -0.2) is 0 Å². The van der Waals surface area contributed by atoms with E-state index in [2.05, 4.69) is 0 Å². The van der Waals surface area contributed by atoms with Gasteiger partial charge in [0.2, 0.25) is 5.91 Å². The fourth-order valence-electron chi connectivity index (χ4n) is 2.07. The van der Waals surface area contributed by atoms with Gasteiger partial charge in [-0.15, -0.1) is 11.3 Å². The number of benzene rings is 1. The minimum absolute atomic E-state index is 0.0563. The van der Waals surface area contributed by atoms with Gasteiger partial charge in [0.1, 0.15) is 6.04 Å². The van der Waals surface area contributed by atoms with E-state index in [0.717, 1.165) is 16.1 Å². The van der Waals surface area contributed by atoms with E-state index in [-0.39, 0.29) is 5.91 Å². The van der Waals surface area contributed by atoms with E-state index < -0.39 is 6.04 Å². The molecule has 4 heteroatoms. The standard InChI is InChI=1S/C15H18N2OS/c1-3-17(12-8-5-4-7-11(12)2)15(18)14(16)13-9-6-10-19-13/h4-10,14H,3,16H2,1-2H3. The first-order chi connectivity index (χ1) is 9.15. The van der Waals surface area contributed by atoms with Crippen LogP contribution in [0.5, 0.6) is 0 Å². The predicted octanol–water partition coefficient (Wildman–Crippen LogP) is 3.11. The number of aryl methyl sites for hydroxylation is 1. The second kappa shape index (κ2) is 5.99. The first-order valence-corrected chi connectivity index (χ1v) is 7.19. The van der Waals surface area contributed by atoms with Gasteiger partial charge in [0.05, 0.1) is 0 Å². The van der Waals surface area contributed by atoms with Crippen LogP contribution in [0, 0.1) is 6.92 Å². The Morgan fingerprint density at radius 2 is 2.05 bits per heavy atom. The summed E-state index contributed by atoms with van der Waals surface area (Å²) in [6.07, 6.45) is 0. The molecule has 1 atom stereocenters. The van der Waals surface area contributed by atoms with E-state index in [1.807, 2.05) is 55.6 Å². The summed E-state index contributed by atoms with van der Waals surface area (Å²) in [5.41, 5.74) is 8.08. The average molecular weight is 274 g/mol. The lowest BCUT2D eigenvalue weighted by molar-refractivity contribution is -0.119. The molecule has 0 aliphatic heterocycles. The van der Waals surface area contributed by atoms with Crippen molar-refractivity contribution in [2.75, 3.05) is 11.4 Å². The van der Waals surface area contributed by atoms with Crippen molar-refractivity contribution in [2.45, 2.75) is 19.9 Å². The lowest BCUT2D eigenvalue weighted by Crippen LogP contribution is -2.38. The molecule has 2 aromatic rings. The Morgan fingerprint density at radius 3 is 2.63 bits per heavy atom. The first kappa shape index (κ1) is 13.8. The summed E-state index contributed by atoms with van der Waals surface area (Å²) < 4.78 is 0. The number of hydrogen-bond acceptors (Lipinski definition) is 3. The van der Waals surface area contributed by atoms with Gasteiger partial charge in [-0.2, -0.15) is 0 Å². The van der Waals surface area contributed by atoms with Gasteiger partial charge in [-0.3, -0.25) is 4.79 Å². The number of anilines is 1. The van der Waals surface area contributed by atoms with Crippen LogP contribution in [0.3, 0.4) is 0 Å². The zero-order valence-electron chi connectivity index (χ0n) is 11.2. The predicted molar refractivity (Wildman–Crippen MR) is 80.5 cm³/mol. The highest BCUT2D eigenvalue weighted by Crippen LogP contribution is 2.24. The van der Waals surface area contributed by atoms with Crippen LogP contribution in [0.15, 0.2) is 41.8 Å². The van der Waals surface area contributed by atoms with Crippen LogP contribution in [0.4, 0.5) is 5.69 Å². The Labute approximate surface area is 117 Å². The highest BCUT2D eigenvalue weighted by Gasteiger charge is 2.24. The largest absolute Gasteiger partial charge is 0.316 e. The van der Waals surface area contributed by atoms with Crippen LogP contribution in [0.1, 0.15) is 23.4 Å². The molecule has 1 amide bonds. The molecule has 1 heterocycles. The Bertz CT molecular complexity index is 551. The van der Waals surface area contributed by atoms with Crippen LogP contribution in [0.2, 0.25) is 0 Å². The molecule has 0 spiro atoms. The molecule has 1 unspecified atom stereocenters. The minimum Gasteiger partial charge on any atom is -0.316 e. The summed E-state index contributed by atoms with van der Waals surface area (Å²) >= 11 is 1.51. The number of hydrogen-bond donors (Lipinski definition) is 1. The Hall–Kier alpha value is -1.65. The minimum atomic E-state index is -0.584. The third-order valence-electron chi connectivity index (χ3n) is 3.10. The Kier molecular flexibility index (Phi) is 4.35. The lowest BCUT2D eigenvalue weighted by Gasteiger charge is -2.25. The van der Waals surface area contributed by atoms with Crippen molar-refractivity contribution in [2.24, 2.45) is 5.73 Å². The van der Waals surface area contributed by atoms with E-state index in [9.17, 15) is 4.79 Å². The van der Waals surface area contributed by atoms with Crippen LogP contribution >= 0.6 is 11.3 Å².